The maximum absolute atomic E-state index is 13.3. The molecular formula is C23H29N3O4S. The van der Waals surface area contributed by atoms with Gasteiger partial charge in [0, 0.05) is 38.6 Å². The number of benzene rings is 1. The molecule has 166 valence electrons. The van der Waals surface area contributed by atoms with Crippen molar-refractivity contribution in [1.29, 1.82) is 0 Å². The van der Waals surface area contributed by atoms with Gasteiger partial charge in [-0.1, -0.05) is 31.5 Å². The number of unbranched alkanes of at least 4 members (excludes halogenated alkanes) is 1. The van der Waals surface area contributed by atoms with E-state index in [1.165, 1.54) is 11.3 Å². The number of nitrogens with zero attached hydrogens (tertiary/aromatic N) is 2. The van der Waals surface area contributed by atoms with E-state index in [0.29, 0.717) is 29.2 Å². The van der Waals surface area contributed by atoms with Crippen LogP contribution in [0.2, 0.25) is 0 Å². The Morgan fingerprint density at radius 1 is 1.26 bits per heavy atom. The summed E-state index contributed by atoms with van der Waals surface area (Å²) in [6, 6.07) is 7.78. The molecule has 1 amide bonds. The SMILES string of the molecule is CCCCNC(=O)c1sc2c(c1OCCN1CCOCC1)c(=O)n(C)c1ccccc21. The van der Waals surface area contributed by atoms with Crippen LogP contribution in [0.4, 0.5) is 0 Å². The lowest BCUT2D eigenvalue weighted by atomic mass is 10.1. The number of morpholine rings is 1. The van der Waals surface area contributed by atoms with E-state index in [1.54, 1.807) is 11.6 Å². The minimum atomic E-state index is -0.179. The van der Waals surface area contributed by atoms with Gasteiger partial charge in [-0.05, 0) is 12.5 Å². The maximum Gasteiger partial charge on any atom is 0.265 e. The number of carbonyl (C=O) groups excluding carboxylic acids is 1. The molecule has 0 saturated carbocycles. The summed E-state index contributed by atoms with van der Waals surface area (Å²) in [5.41, 5.74) is 0.706. The zero-order valence-electron chi connectivity index (χ0n) is 18.1. The van der Waals surface area contributed by atoms with Gasteiger partial charge in [0.25, 0.3) is 11.5 Å². The molecule has 0 aliphatic carbocycles. The van der Waals surface area contributed by atoms with Gasteiger partial charge in [0.15, 0.2) is 5.75 Å². The molecule has 4 rings (SSSR count). The molecule has 1 fully saturated rings. The molecule has 2 aromatic heterocycles. The molecule has 1 aliphatic rings. The predicted octanol–water partition coefficient (Wildman–Crippen LogP) is 2.99. The number of para-hydroxylation sites is 1. The number of ether oxygens (including phenoxy) is 2. The minimum Gasteiger partial charge on any atom is -0.490 e. The van der Waals surface area contributed by atoms with E-state index < -0.39 is 0 Å². The number of pyridine rings is 1. The highest BCUT2D eigenvalue weighted by atomic mass is 32.1. The average molecular weight is 444 g/mol. The van der Waals surface area contributed by atoms with E-state index in [4.69, 9.17) is 9.47 Å². The van der Waals surface area contributed by atoms with Crippen LogP contribution >= 0.6 is 11.3 Å². The van der Waals surface area contributed by atoms with Crippen molar-refractivity contribution in [2.45, 2.75) is 19.8 Å². The highest BCUT2D eigenvalue weighted by molar-refractivity contribution is 7.22. The van der Waals surface area contributed by atoms with E-state index in [9.17, 15) is 9.59 Å². The summed E-state index contributed by atoms with van der Waals surface area (Å²) < 4.78 is 14.0. The monoisotopic (exact) mass is 443 g/mol. The van der Waals surface area contributed by atoms with Crippen LogP contribution < -0.4 is 15.6 Å². The van der Waals surface area contributed by atoms with Crippen molar-refractivity contribution >= 4 is 38.2 Å². The number of rotatable bonds is 8. The van der Waals surface area contributed by atoms with Crippen LogP contribution in [0.1, 0.15) is 29.4 Å². The van der Waals surface area contributed by atoms with Crippen molar-refractivity contribution in [3.05, 3.63) is 39.5 Å². The Balaban J connectivity index is 1.73. The van der Waals surface area contributed by atoms with Crippen molar-refractivity contribution in [2.24, 2.45) is 7.05 Å². The summed E-state index contributed by atoms with van der Waals surface area (Å²) in [6.07, 6.45) is 1.91. The molecule has 0 unspecified atom stereocenters. The molecule has 1 aliphatic heterocycles. The van der Waals surface area contributed by atoms with Crippen molar-refractivity contribution < 1.29 is 14.3 Å². The Morgan fingerprint density at radius 2 is 2.03 bits per heavy atom. The molecule has 0 bridgehead atoms. The number of nitrogens with one attached hydrogen (secondary N) is 1. The maximum atomic E-state index is 13.3. The van der Waals surface area contributed by atoms with Gasteiger partial charge in [-0.3, -0.25) is 14.5 Å². The normalized spacial score (nSPS) is 14.9. The van der Waals surface area contributed by atoms with Crippen LogP contribution in [-0.2, 0) is 11.8 Å². The van der Waals surface area contributed by atoms with Gasteiger partial charge in [-0.25, -0.2) is 0 Å². The number of aryl methyl sites for hydroxylation is 1. The Bertz CT molecular complexity index is 1130. The average Bonchev–Trinajstić information content (AvgIpc) is 3.18. The fourth-order valence-electron chi connectivity index (χ4n) is 3.88. The smallest absolute Gasteiger partial charge is 0.265 e. The quantitative estimate of drug-likeness (QED) is 0.542. The van der Waals surface area contributed by atoms with Gasteiger partial charge >= 0.3 is 0 Å². The fraction of sp³-hybridized carbons (Fsp3) is 0.478. The van der Waals surface area contributed by atoms with Crippen LogP contribution in [0.3, 0.4) is 0 Å². The zero-order chi connectivity index (χ0) is 21.8. The predicted molar refractivity (Wildman–Crippen MR) is 125 cm³/mol. The number of aromatic nitrogens is 1. The zero-order valence-corrected chi connectivity index (χ0v) is 18.9. The number of thiophene rings is 1. The lowest BCUT2D eigenvalue weighted by Gasteiger charge is -2.26. The van der Waals surface area contributed by atoms with Gasteiger partial charge in [0.2, 0.25) is 0 Å². The molecule has 1 N–H and O–H groups in total. The third-order valence-electron chi connectivity index (χ3n) is 5.67. The second-order valence-electron chi connectivity index (χ2n) is 7.76. The first-order chi connectivity index (χ1) is 15.1. The topological polar surface area (TPSA) is 72.8 Å². The van der Waals surface area contributed by atoms with E-state index >= 15 is 0 Å². The Morgan fingerprint density at radius 3 is 2.81 bits per heavy atom. The summed E-state index contributed by atoms with van der Waals surface area (Å²) >= 11 is 1.34. The van der Waals surface area contributed by atoms with Crippen LogP contribution in [0, 0.1) is 0 Å². The van der Waals surface area contributed by atoms with Gasteiger partial charge in [0.1, 0.15) is 16.9 Å². The van der Waals surface area contributed by atoms with Gasteiger partial charge in [-0.2, -0.15) is 0 Å². The molecule has 3 aromatic rings. The molecule has 0 atom stereocenters. The Kier molecular flexibility index (Phi) is 6.89. The lowest BCUT2D eigenvalue weighted by Crippen LogP contribution is -2.38. The third kappa shape index (κ3) is 4.46. The van der Waals surface area contributed by atoms with Crippen molar-refractivity contribution in [1.82, 2.24) is 14.8 Å². The molecule has 8 heteroatoms. The molecular weight excluding hydrogens is 414 g/mol. The van der Waals surface area contributed by atoms with Crippen molar-refractivity contribution in [3.8, 4) is 5.75 Å². The molecule has 1 saturated heterocycles. The number of hydrogen-bond donors (Lipinski definition) is 1. The second-order valence-corrected chi connectivity index (χ2v) is 8.78. The first-order valence-electron chi connectivity index (χ1n) is 10.9. The summed E-state index contributed by atoms with van der Waals surface area (Å²) in [5, 5.41) is 4.43. The fourth-order valence-corrected chi connectivity index (χ4v) is 5.07. The van der Waals surface area contributed by atoms with Crippen LogP contribution in [0.25, 0.3) is 21.0 Å². The highest BCUT2D eigenvalue weighted by Crippen LogP contribution is 2.39. The van der Waals surface area contributed by atoms with Gasteiger partial charge < -0.3 is 19.4 Å². The van der Waals surface area contributed by atoms with E-state index in [-0.39, 0.29) is 11.5 Å². The van der Waals surface area contributed by atoms with E-state index in [2.05, 4.69) is 17.1 Å². The number of amides is 1. The number of hydrogen-bond acceptors (Lipinski definition) is 6. The molecule has 0 spiro atoms. The summed E-state index contributed by atoms with van der Waals surface area (Å²) in [7, 11) is 1.76. The first kappa shape index (κ1) is 21.8. The van der Waals surface area contributed by atoms with Crippen molar-refractivity contribution in [2.75, 3.05) is 46.0 Å². The summed E-state index contributed by atoms with van der Waals surface area (Å²) in [4.78, 5) is 29.0. The minimum absolute atomic E-state index is 0.140. The van der Waals surface area contributed by atoms with Gasteiger partial charge in [-0.15, -0.1) is 11.3 Å². The molecule has 7 nitrogen and oxygen atoms in total. The van der Waals surface area contributed by atoms with Crippen LogP contribution in [0.5, 0.6) is 5.75 Å². The van der Waals surface area contributed by atoms with Crippen LogP contribution in [0.15, 0.2) is 29.1 Å². The Hall–Kier alpha value is -2.42. The highest BCUT2D eigenvalue weighted by Gasteiger charge is 2.25. The lowest BCUT2D eigenvalue weighted by molar-refractivity contribution is 0.0323. The molecule has 3 heterocycles. The van der Waals surface area contributed by atoms with Crippen LogP contribution in [-0.4, -0.2) is 61.4 Å². The number of carbonyl (C=O) groups is 1. The molecule has 1 aromatic carbocycles. The third-order valence-corrected chi connectivity index (χ3v) is 6.88. The summed E-state index contributed by atoms with van der Waals surface area (Å²) in [6.45, 7) is 7.01. The van der Waals surface area contributed by atoms with Crippen molar-refractivity contribution in [3.63, 3.8) is 0 Å². The van der Waals surface area contributed by atoms with E-state index in [1.807, 2.05) is 24.3 Å². The first-order valence-corrected chi connectivity index (χ1v) is 11.7. The Labute approximate surface area is 185 Å². The van der Waals surface area contributed by atoms with E-state index in [0.717, 1.165) is 61.3 Å². The number of fused-ring (bicyclic) bond motifs is 3. The summed E-state index contributed by atoms with van der Waals surface area (Å²) in [5.74, 6) is 0.232. The van der Waals surface area contributed by atoms with Gasteiger partial charge in [0.05, 0.1) is 23.4 Å². The standard InChI is InChI=1S/C23H29N3O4S/c1-3-4-9-24-22(27)21-19(30-15-12-26-10-13-29-14-11-26)18-20(31-21)16-7-5-6-8-17(16)25(2)23(18)28/h5-8H,3-4,9-15H2,1-2H3,(H,24,27). The molecule has 31 heavy (non-hydrogen) atoms. The second kappa shape index (κ2) is 9.80. The molecule has 0 radical (unpaired) electrons. The largest absolute Gasteiger partial charge is 0.490 e.